The van der Waals surface area contributed by atoms with Crippen LogP contribution in [0.5, 0.6) is 0 Å². The Hall–Kier alpha value is -1.63. The fraction of sp³-hybridized carbons (Fsp3) is 0.615. The summed E-state index contributed by atoms with van der Waals surface area (Å²) >= 11 is 5.15. The van der Waals surface area contributed by atoms with E-state index in [9.17, 15) is 4.79 Å². The monoisotopic (exact) mass is 295 g/mol. The molecule has 1 fully saturated rings. The second-order valence-electron chi connectivity index (χ2n) is 5.09. The number of carbonyl (C=O) groups excluding carboxylic acids is 1. The second-order valence-corrected chi connectivity index (χ2v) is 5.53. The number of aromatic nitrogens is 2. The maximum Gasteiger partial charge on any atom is 0.242 e. The van der Waals surface area contributed by atoms with Crippen molar-refractivity contribution in [3.8, 4) is 0 Å². The largest absolute Gasteiger partial charge is 0.389 e. The first kappa shape index (κ1) is 14.8. The van der Waals surface area contributed by atoms with Gasteiger partial charge in [-0.1, -0.05) is 12.2 Å². The fourth-order valence-electron chi connectivity index (χ4n) is 2.89. The first-order valence-electron chi connectivity index (χ1n) is 6.79. The highest BCUT2D eigenvalue weighted by molar-refractivity contribution is 7.80. The van der Waals surface area contributed by atoms with E-state index in [4.69, 9.17) is 18.0 Å². The van der Waals surface area contributed by atoms with Gasteiger partial charge in [-0.25, -0.2) is 0 Å². The van der Waals surface area contributed by atoms with Gasteiger partial charge in [0.15, 0.2) is 0 Å². The maximum absolute atomic E-state index is 12.1. The predicted octanol–water partition coefficient (Wildman–Crippen LogP) is 0.468. The molecule has 1 aliphatic rings. The third-order valence-electron chi connectivity index (χ3n) is 3.76. The number of nitrogens with one attached hydrogen (secondary N) is 1. The van der Waals surface area contributed by atoms with E-state index < -0.39 is 0 Å². The van der Waals surface area contributed by atoms with Gasteiger partial charge < -0.3 is 16.0 Å². The molecule has 1 saturated heterocycles. The van der Waals surface area contributed by atoms with Crippen molar-refractivity contribution in [1.29, 1.82) is 0 Å². The topological polar surface area (TPSA) is 76.2 Å². The summed E-state index contributed by atoms with van der Waals surface area (Å²) in [6, 6.07) is -0.184. The Labute approximate surface area is 124 Å². The van der Waals surface area contributed by atoms with E-state index in [0.29, 0.717) is 4.99 Å². The van der Waals surface area contributed by atoms with E-state index in [0.717, 1.165) is 42.9 Å². The Morgan fingerprint density at radius 1 is 1.50 bits per heavy atom. The molecule has 0 radical (unpaired) electrons. The smallest absolute Gasteiger partial charge is 0.242 e. The number of amides is 1. The van der Waals surface area contributed by atoms with Gasteiger partial charge in [-0.15, -0.1) is 0 Å². The van der Waals surface area contributed by atoms with Crippen LogP contribution in [0, 0.1) is 6.92 Å². The molecule has 1 amide bonds. The van der Waals surface area contributed by atoms with E-state index >= 15 is 0 Å². The van der Waals surface area contributed by atoms with E-state index in [-0.39, 0.29) is 11.9 Å². The van der Waals surface area contributed by atoms with E-state index in [1.807, 2.05) is 14.0 Å². The number of anilines is 1. The van der Waals surface area contributed by atoms with Gasteiger partial charge in [0.25, 0.3) is 0 Å². The Morgan fingerprint density at radius 3 is 2.80 bits per heavy atom. The van der Waals surface area contributed by atoms with Gasteiger partial charge in [0.2, 0.25) is 5.91 Å². The Kier molecular flexibility index (Phi) is 4.27. The number of hydrogen-bond acceptors (Lipinski definition) is 4. The summed E-state index contributed by atoms with van der Waals surface area (Å²) in [4.78, 5) is 14.5. The van der Waals surface area contributed by atoms with Gasteiger partial charge in [-0.05, 0) is 26.2 Å². The van der Waals surface area contributed by atoms with Crippen molar-refractivity contribution in [3.63, 3.8) is 0 Å². The molecule has 110 valence electrons. The number of hydrogen-bond donors (Lipinski definition) is 2. The van der Waals surface area contributed by atoms with Crippen molar-refractivity contribution < 1.29 is 4.79 Å². The third kappa shape index (κ3) is 2.49. The molecule has 1 aliphatic heterocycles. The summed E-state index contributed by atoms with van der Waals surface area (Å²) in [5.74, 6) is 0.876. The van der Waals surface area contributed by atoms with Crippen LogP contribution in [-0.4, -0.2) is 40.3 Å². The number of rotatable bonds is 3. The van der Waals surface area contributed by atoms with Crippen LogP contribution in [0.4, 0.5) is 5.82 Å². The fourth-order valence-corrected chi connectivity index (χ4v) is 3.13. The minimum absolute atomic E-state index is 0.0254. The number of nitrogens with two attached hydrogens (primary N) is 1. The Balaban J connectivity index is 2.47. The summed E-state index contributed by atoms with van der Waals surface area (Å²) in [7, 11) is 3.53. The average Bonchev–Trinajstić information content (AvgIpc) is 2.72. The zero-order valence-electron chi connectivity index (χ0n) is 12.1. The van der Waals surface area contributed by atoms with Crippen LogP contribution >= 0.6 is 12.2 Å². The van der Waals surface area contributed by atoms with Crippen LogP contribution in [0.15, 0.2) is 0 Å². The minimum Gasteiger partial charge on any atom is -0.389 e. The lowest BCUT2D eigenvalue weighted by Gasteiger charge is -2.36. The van der Waals surface area contributed by atoms with Gasteiger partial charge in [0.05, 0.1) is 11.3 Å². The molecule has 0 aliphatic carbocycles. The standard InChI is InChI=1S/C13H21N5OS/c1-8-10(11(14)20)13(17(3)16-8)18-7-5-4-6-9(18)12(19)15-2/h9H,4-7H2,1-3H3,(H2,14,20)(H,15,19). The highest BCUT2D eigenvalue weighted by atomic mass is 32.1. The molecule has 3 N–H and O–H groups in total. The molecule has 1 unspecified atom stereocenters. The molecular formula is C13H21N5OS. The number of nitrogens with zero attached hydrogens (tertiary/aromatic N) is 3. The number of thiocarbonyl (C=S) groups is 1. The van der Waals surface area contributed by atoms with Gasteiger partial charge in [-0.2, -0.15) is 5.10 Å². The van der Waals surface area contributed by atoms with Crippen molar-refractivity contribution in [2.75, 3.05) is 18.5 Å². The van der Waals surface area contributed by atoms with Crippen molar-refractivity contribution in [1.82, 2.24) is 15.1 Å². The first-order chi connectivity index (χ1) is 9.47. The molecule has 1 aromatic heterocycles. The molecule has 1 aromatic rings. The summed E-state index contributed by atoms with van der Waals surface area (Å²) in [5.41, 5.74) is 7.42. The molecule has 0 bridgehead atoms. The Morgan fingerprint density at radius 2 is 2.20 bits per heavy atom. The van der Waals surface area contributed by atoms with Gasteiger partial charge in [-0.3, -0.25) is 9.48 Å². The highest BCUT2D eigenvalue weighted by Crippen LogP contribution is 2.29. The second kappa shape index (κ2) is 5.78. The number of aryl methyl sites for hydroxylation is 2. The van der Waals surface area contributed by atoms with E-state index in [1.54, 1.807) is 11.7 Å². The SMILES string of the molecule is CNC(=O)C1CCCCN1c1c(C(N)=S)c(C)nn1C. The van der Waals surface area contributed by atoms with E-state index in [2.05, 4.69) is 15.3 Å². The molecule has 20 heavy (non-hydrogen) atoms. The van der Waals surface area contributed by atoms with Gasteiger partial charge >= 0.3 is 0 Å². The number of carbonyl (C=O) groups is 1. The molecule has 0 saturated carbocycles. The van der Waals surface area contributed by atoms with Crippen LogP contribution in [0.1, 0.15) is 30.5 Å². The van der Waals surface area contributed by atoms with Crippen molar-refractivity contribution >= 4 is 28.9 Å². The summed E-state index contributed by atoms with van der Waals surface area (Å²) < 4.78 is 1.77. The molecular weight excluding hydrogens is 274 g/mol. The van der Waals surface area contributed by atoms with Crippen LogP contribution in [0.2, 0.25) is 0 Å². The first-order valence-corrected chi connectivity index (χ1v) is 7.19. The quantitative estimate of drug-likeness (QED) is 0.793. The van der Waals surface area contributed by atoms with Crippen molar-refractivity contribution in [2.45, 2.75) is 32.2 Å². The highest BCUT2D eigenvalue weighted by Gasteiger charge is 2.32. The van der Waals surface area contributed by atoms with Gasteiger partial charge in [0.1, 0.15) is 16.8 Å². The zero-order chi connectivity index (χ0) is 14.9. The van der Waals surface area contributed by atoms with Crippen LogP contribution in [0.25, 0.3) is 0 Å². The molecule has 7 heteroatoms. The van der Waals surface area contributed by atoms with Crippen LogP contribution < -0.4 is 16.0 Å². The minimum atomic E-state index is -0.184. The molecule has 0 spiro atoms. The van der Waals surface area contributed by atoms with Gasteiger partial charge in [0, 0.05) is 20.6 Å². The van der Waals surface area contributed by atoms with Crippen LogP contribution in [0.3, 0.4) is 0 Å². The lowest BCUT2D eigenvalue weighted by atomic mass is 10.0. The number of likely N-dealkylation sites (N-methyl/N-ethyl adjacent to an activating group) is 1. The molecule has 2 heterocycles. The van der Waals surface area contributed by atoms with Crippen molar-refractivity contribution in [2.24, 2.45) is 12.8 Å². The third-order valence-corrected chi connectivity index (χ3v) is 3.97. The maximum atomic E-state index is 12.1. The normalized spacial score (nSPS) is 18.9. The average molecular weight is 295 g/mol. The molecule has 2 rings (SSSR count). The molecule has 1 atom stereocenters. The lowest BCUT2D eigenvalue weighted by molar-refractivity contribution is -0.122. The molecule has 0 aromatic carbocycles. The number of piperidine rings is 1. The summed E-state index contributed by atoms with van der Waals surface area (Å²) in [5, 5.41) is 7.14. The summed E-state index contributed by atoms with van der Waals surface area (Å²) in [6.07, 6.45) is 2.93. The lowest BCUT2D eigenvalue weighted by Crippen LogP contribution is -2.50. The predicted molar refractivity (Wildman–Crippen MR) is 82.9 cm³/mol. The zero-order valence-corrected chi connectivity index (χ0v) is 13.0. The van der Waals surface area contributed by atoms with Crippen LogP contribution in [-0.2, 0) is 11.8 Å². The molecule has 6 nitrogen and oxygen atoms in total. The summed E-state index contributed by atoms with van der Waals surface area (Å²) in [6.45, 7) is 2.70. The Bertz CT molecular complexity index is 539. The van der Waals surface area contributed by atoms with Crippen molar-refractivity contribution in [3.05, 3.63) is 11.3 Å². The van der Waals surface area contributed by atoms with E-state index in [1.165, 1.54) is 0 Å².